The third-order valence-corrected chi connectivity index (χ3v) is 2.59. The lowest BCUT2D eigenvalue weighted by molar-refractivity contribution is 0.0690. The van der Waals surface area contributed by atoms with E-state index in [1.54, 1.807) is 6.07 Å². The number of carboxylic acid groups (broad SMARTS) is 1. The lowest BCUT2D eigenvalue weighted by atomic mass is 10.1. The van der Waals surface area contributed by atoms with Crippen molar-refractivity contribution in [3.8, 4) is 0 Å². The Bertz CT molecular complexity index is 401. The predicted octanol–water partition coefficient (Wildman–Crippen LogP) is 2.14. The minimum atomic E-state index is -1.01. The summed E-state index contributed by atoms with van der Waals surface area (Å²) in [5, 5.41) is 9.03. The van der Waals surface area contributed by atoms with E-state index in [9.17, 15) is 4.79 Å². The maximum absolute atomic E-state index is 11.0. The molecule has 1 rings (SSSR count). The Hall–Kier alpha value is -1.65. The SMILES string of the molecule is CCN(CC)c1nc(C(=O)O)cc(C(C)C)n1. The van der Waals surface area contributed by atoms with Crippen LogP contribution in [0.25, 0.3) is 0 Å². The molecule has 1 N–H and O–H groups in total. The van der Waals surface area contributed by atoms with Crippen LogP contribution in [-0.2, 0) is 0 Å². The molecule has 94 valence electrons. The van der Waals surface area contributed by atoms with Gasteiger partial charge in [-0.15, -0.1) is 0 Å². The highest BCUT2D eigenvalue weighted by Crippen LogP contribution is 2.17. The van der Waals surface area contributed by atoms with Crippen LogP contribution < -0.4 is 4.90 Å². The Kier molecular flexibility index (Phi) is 4.43. The molecule has 5 heteroatoms. The second kappa shape index (κ2) is 5.61. The van der Waals surface area contributed by atoms with E-state index in [1.165, 1.54) is 0 Å². The molecule has 0 aromatic carbocycles. The quantitative estimate of drug-likeness (QED) is 0.849. The van der Waals surface area contributed by atoms with Gasteiger partial charge in [-0.2, -0.15) is 0 Å². The topological polar surface area (TPSA) is 66.3 Å². The van der Waals surface area contributed by atoms with Crippen molar-refractivity contribution >= 4 is 11.9 Å². The highest BCUT2D eigenvalue weighted by atomic mass is 16.4. The molecule has 1 aromatic rings. The van der Waals surface area contributed by atoms with Gasteiger partial charge in [-0.3, -0.25) is 0 Å². The number of aromatic carboxylic acids is 1. The second-order valence-corrected chi connectivity index (χ2v) is 4.11. The molecule has 1 aromatic heterocycles. The van der Waals surface area contributed by atoms with E-state index in [0.29, 0.717) is 5.95 Å². The Morgan fingerprint density at radius 1 is 1.35 bits per heavy atom. The lowest BCUT2D eigenvalue weighted by Crippen LogP contribution is -2.25. The van der Waals surface area contributed by atoms with Crippen LogP contribution in [0.3, 0.4) is 0 Å². The fraction of sp³-hybridized carbons (Fsp3) is 0.583. The molecular weight excluding hydrogens is 218 g/mol. The van der Waals surface area contributed by atoms with Crippen LogP contribution in [0.5, 0.6) is 0 Å². The van der Waals surface area contributed by atoms with Gasteiger partial charge in [0.05, 0.1) is 0 Å². The summed E-state index contributed by atoms with van der Waals surface area (Å²) in [5.41, 5.74) is 0.824. The maximum Gasteiger partial charge on any atom is 0.354 e. The Labute approximate surface area is 102 Å². The maximum atomic E-state index is 11.0. The van der Waals surface area contributed by atoms with Gasteiger partial charge < -0.3 is 10.0 Å². The first-order valence-corrected chi connectivity index (χ1v) is 5.86. The minimum absolute atomic E-state index is 0.0607. The zero-order valence-corrected chi connectivity index (χ0v) is 10.8. The first-order chi connectivity index (χ1) is 7.99. The van der Waals surface area contributed by atoms with Gasteiger partial charge in [0.15, 0.2) is 5.69 Å². The van der Waals surface area contributed by atoms with Crippen molar-refractivity contribution in [2.24, 2.45) is 0 Å². The minimum Gasteiger partial charge on any atom is -0.477 e. The van der Waals surface area contributed by atoms with Crippen molar-refractivity contribution in [1.29, 1.82) is 0 Å². The number of anilines is 1. The van der Waals surface area contributed by atoms with Gasteiger partial charge in [-0.1, -0.05) is 13.8 Å². The second-order valence-electron chi connectivity index (χ2n) is 4.11. The molecule has 0 saturated carbocycles. The molecule has 0 aliphatic rings. The van der Waals surface area contributed by atoms with Gasteiger partial charge in [-0.25, -0.2) is 14.8 Å². The highest BCUT2D eigenvalue weighted by Gasteiger charge is 2.15. The molecule has 0 saturated heterocycles. The lowest BCUT2D eigenvalue weighted by Gasteiger charge is -2.20. The Balaban J connectivity index is 3.25. The molecule has 0 aliphatic carbocycles. The van der Waals surface area contributed by atoms with Crippen molar-refractivity contribution in [3.05, 3.63) is 17.5 Å². The van der Waals surface area contributed by atoms with Crippen LogP contribution in [0.15, 0.2) is 6.07 Å². The van der Waals surface area contributed by atoms with E-state index in [2.05, 4.69) is 9.97 Å². The standard InChI is InChI=1S/C12H19N3O2/c1-5-15(6-2)12-13-9(8(3)4)7-10(14-12)11(16)17/h7-8H,5-6H2,1-4H3,(H,16,17). The molecule has 0 fully saturated rings. The normalized spacial score (nSPS) is 10.6. The van der Waals surface area contributed by atoms with Gasteiger partial charge >= 0.3 is 5.97 Å². The Morgan fingerprint density at radius 2 is 1.94 bits per heavy atom. The molecule has 0 unspecified atom stereocenters. The summed E-state index contributed by atoms with van der Waals surface area (Å²) in [6, 6.07) is 1.54. The fourth-order valence-electron chi connectivity index (χ4n) is 1.51. The van der Waals surface area contributed by atoms with E-state index >= 15 is 0 Å². The van der Waals surface area contributed by atoms with Crippen LogP contribution in [0.1, 0.15) is 49.8 Å². The number of hydrogen-bond donors (Lipinski definition) is 1. The van der Waals surface area contributed by atoms with E-state index < -0.39 is 5.97 Å². The summed E-state index contributed by atoms with van der Waals surface area (Å²) in [5.74, 6) is -0.327. The van der Waals surface area contributed by atoms with Gasteiger partial charge in [0, 0.05) is 18.8 Å². The first-order valence-electron chi connectivity index (χ1n) is 5.86. The summed E-state index contributed by atoms with van der Waals surface area (Å²) in [7, 11) is 0. The molecule has 17 heavy (non-hydrogen) atoms. The number of aromatic nitrogens is 2. The van der Waals surface area contributed by atoms with Gasteiger partial charge in [0.2, 0.25) is 5.95 Å². The van der Waals surface area contributed by atoms with Gasteiger partial charge in [0.1, 0.15) is 0 Å². The molecular formula is C12H19N3O2. The van der Waals surface area contributed by atoms with Crippen LogP contribution in [-0.4, -0.2) is 34.1 Å². The number of carboxylic acids is 1. The number of nitrogens with zero attached hydrogens (tertiary/aromatic N) is 3. The summed E-state index contributed by atoms with van der Waals surface area (Å²) in [6.07, 6.45) is 0. The van der Waals surface area contributed by atoms with Gasteiger partial charge in [0.25, 0.3) is 0 Å². The van der Waals surface area contributed by atoms with Crippen LogP contribution in [0.4, 0.5) is 5.95 Å². The number of rotatable bonds is 5. The van der Waals surface area contributed by atoms with E-state index in [4.69, 9.17) is 5.11 Å². The summed E-state index contributed by atoms with van der Waals surface area (Å²) >= 11 is 0. The molecule has 0 atom stereocenters. The van der Waals surface area contributed by atoms with E-state index in [1.807, 2.05) is 32.6 Å². The van der Waals surface area contributed by atoms with Crippen molar-refractivity contribution in [2.75, 3.05) is 18.0 Å². The highest BCUT2D eigenvalue weighted by molar-refractivity contribution is 5.85. The molecule has 1 heterocycles. The fourth-order valence-corrected chi connectivity index (χ4v) is 1.51. The predicted molar refractivity (Wildman–Crippen MR) is 66.6 cm³/mol. The van der Waals surface area contributed by atoms with E-state index in [0.717, 1.165) is 18.8 Å². The summed E-state index contributed by atoms with van der Waals surface area (Å²) < 4.78 is 0. The van der Waals surface area contributed by atoms with Crippen molar-refractivity contribution in [1.82, 2.24) is 9.97 Å². The number of hydrogen-bond acceptors (Lipinski definition) is 4. The largest absolute Gasteiger partial charge is 0.477 e. The zero-order valence-electron chi connectivity index (χ0n) is 10.8. The molecule has 0 amide bonds. The van der Waals surface area contributed by atoms with E-state index in [-0.39, 0.29) is 11.6 Å². The molecule has 0 aliphatic heterocycles. The third-order valence-electron chi connectivity index (χ3n) is 2.59. The van der Waals surface area contributed by atoms with Crippen LogP contribution >= 0.6 is 0 Å². The first kappa shape index (κ1) is 13.4. The van der Waals surface area contributed by atoms with Crippen molar-refractivity contribution in [3.63, 3.8) is 0 Å². The van der Waals surface area contributed by atoms with Crippen molar-refractivity contribution in [2.45, 2.75) is 33.6 Å². The summed E-state index contributed by atoms with van der Waals surface area (Å²) in [4.78, 5) is 21.4. The average Bonchev–Trinajstić information content (AvgIpc) is 2.30. The molecule has 0 bridgehead atoms. The van der Waals surface area contributed by atoms with Crippen LogP contribution in [0, 0.1) is 0 Å². The smallest absolute Gasteiger partial charge is 0.354 e. The monoisotopic (exact) mass is 237 g/mol. The third kappa shape index (κ3) is 3.15. The van der Waals surface area contributed by atoms with Crippen molar-refractivity contribution < 1.29 is 9.90 Å². The molecule has 0 radical (unpaired) electrons. The number of carbonyl (C=O) groups is 1. The summed E-state index contributed by atoms with van der Waals surface area (Å²) in [6.45, 7) is 9.48. The zero-order chi connectivity index (χ0) is 13.0. The Morgan fingerprint density at radius 3 is 2.35 bits per heavy atom. The molecule has 5 nitrogen and oxygen atoms in total. The van der Waals surface area contributed by atoms with Gasteiger partial charge in [-0.05, 0) is 25.8 Å². The van der Waals surface area contributed by atoms with Crippen LogP contribution in [0.2, 0.25) is 0 Å². The average molecular weight is 237 g/mol. The molecule has 0 spiro atoms.